The second-order valence-electron chi connectivity index (χ2n) is 5.13. The lowest BCUT2D eigenvalue weighted by molar-refractivity contribution is 0.764. The van der Waals surface area contributed by atoms with Gasteiger partial charge in [0.2, 0.25) is 0 Å². The molecule has 3 aromatic rings. The summed E-state index contributed by atoms with van der Waals surface area (Å²) >= 11 is 1.72. The van der Waals surface area contributed by atoms with Gasteiger partial charge in [-0.3, -0.25) is 0 Å². The zero-order valence-electron chi connectivity index (χ0n) is 11.0. The Morgan fingerprint density at radius 1 is 1.20 bits per heavy atom. The first kappa shape index (κ1) is 11.9. The highest BCUT2D eigenvalue weighted by Gasteiger charge is 2.11. The molecule has 3 nitrogen and oxygen atoms in total. The maximum absolute atomic E-state index is 4.30. The van der Waals surface area contributed by atoms with E-state index in [-0.39, 0.29) is 0 Å². The normalized spacial score (nSPS) is 13.6. The Balaban J connectivity index is 1.65. The highest BCUT2D eigenvalue weighted by Crippen LogP contribution is 2.23. The van der Waals surface area contributed by atoms with Crippen LogP contribution in [-0.4, -0.2) is 9.55 Å². The molecule has 20 heavy (non-hydrogen) atoms. The molecule has 0 spiro atoms. The molecule has 0 atom stereocenters. The Bertz CT molecular complexity index is 728. The number of rotatable bonds is 3. The van der Waals surface area contributed by atoms with Crippen molar-refractivity contribution in [3.05, 3.63) is 64.2 Å². The molecule has 3 heterocycles. The van der Waals surface area contributed by atoms with Crippen LogP contribution in [0.1, 0.15) is 16.7 Å². The minimum Gasteiger partial charge on any atom is -0.326 e. The van der Waals surface area contributed by atoms with E-state index in [0.29, 0.717) is 0 Å². The van der Waals surface area contributed by atoms with Crippen LogP contribution in [0.4, 0.5) is 0 Å². The fraction of sp³-hybridized carbons (Fsp3) is 0.188. The second-order valence-corrected chi connectivity index (χ2v) is 5.91. The molecule has 0 unspecified atom stereocenters. The molecule has 100 valence electrons. The summed E-state index contributed by atoms with van der Waals surface area (Å²) in [7, 11) is 0. The monoisotopic (exact) mass is 281 g/mol. The Hall–Kier alpha value is -1.91. The molecular weight excluding hydrogens is 266 g/mol. The SMILES string of the molecule is c1cc(-c2cncn2Cc2ccc3c(c2)CNC3)cs1. The molecule has 0 aliphatic carbocycles. The lowest BCUT2D eigenvalue weighted by Gasteiger charge is -2.09. The molecule has 1 aliphatic heterocycles. The fourth-order valence-corrected chi connectivity index (χ4v) is 3.39. The van der Waals surface area contributed by atoms with Gasteiger partial charge >= 0.3 is 0 Å². The lowest BCUT2D eigenvalue weighted by Crippen LogP contribution is -2.01. The van der Waals surface area contributed by atoms with Crippen LogP contribution in [0.25, 0.3) is 11.3 Å². The Labute approximate surface area is 121 Å². The number of thiophene rings is 1. The van der Waals surface area contributed by atoms with Gasteiger partial charge in [0.05, 0.1) is 18.2 Å². The van der Waals surface area contributed by atoms with E-state index in [4.69, 9.17) is 0 Å². The van der Waals surface area contributed by atoms with E-state index in [9.17, 15) is 0 Å². The van der Waals surface area contributed by atoms with E-state index in [2.05, 4.69) is 49.9 Å². The summed E-state index contributed by atoms with van der Waals surface area (Å²) in [5.41, 5.74) is 6.62. The molecule has 0 bridgehead atoms. The lowest BCUT2D eigenvalue weighted by atomic mass is 10.1. The molecule has 1 aliphatic rings. The van der Waals surface area contributed by atoms with Crippen LogP contribution in [0, 0.1) is 0 Å². The van der Waals surface area contributed by atoms with E-state index < -0.39 is 0 Å². The summed E-state index contributed by atoms with van der Waals surface area (Å²) < 4.78 is 2.21. The fourth-order valence-electron chi connectivity index (χ4n) is 2.74. The van der Waals surface area contributed by atoms with Crippen molar-refractivity contribution in [1.29, 1.82) is 0 Å². The van der Waals surface area contributed by atoms with Crippen molar-refractivity contribution in [3.63, 3.8) is 0 Å². The summed E-state index contributed by atoms with van der Waals surface area (Å²) in [6.07, 6.45) is 3.86. The van der Waals surface area contributed by atoms with E-state index in [1.165, 1.54) is 27.9 Å². The average molecular weight is 281 g/mol. The molecule has 1 aromatic carbocycles. The molecule has 0 saturated carbocycles. The predicted molar refractivity (Wildman–Crippen MR) is 81.6 cm³/mol. The summed E-state index contributed by atoms with van der Waals surface area (Å²) in [5.74, 6) is 0. The van der Waals surface area contributed by atoms with Gasteiger partial charge in [-0.25, -0.2) is 4.98 Å². The standard InChI is InChI=1S/C16H15N3S/c1-2-13-6-17-7-15(13)5-12(1)9-19-11-18-8-16(19)14-3-4-20-10-14/h1-5,8,10-11,17H,6-7,9H2. The van der Waals surface area contributed by atoms with Crippen molar-refractivity contribution < 1.29 is 0 Å². The Morgan fingerprint density at radius 2 is 2.15 bits per heavy atom. The highest BCUT2D eigenvalue weighted by molar-refractivity contribution is 7.08. The minimum atomic E-state index is 0.873. The topological polar surface area (TPSA) is 29.9 Å². The Morgan fingerprint density at radius 3 is 3.05 bits per heavy atom. The molecule has 0 radical (unpaired) electrons. The minimum absolute atomic E-state index is 0.873. The molecule has 4 heteroatoms. The van der Waals surface area contributed by atoms with Gasteiger partial charge in [0.1, 0.15) is 0 Å². The van der Waals surface area contributed by atoms with Crippen molar-refractivity contribution >= 4 is 11.3 Å². The van der Waals surface area contributed by atoms with Gasteiger partial charge in [-0.05, 0) is 28.1 Å². The van der Waals surface area contributed by atoms with Crippen LogP contribution in [0.2, 0.25) is 0 Å². The maximum Gasteiger partial charge on any atom is 0.0954 e. The van der Waals surface area contributed by atoms with Gasteiger partial charge in [-0.15, -0.1) is 0 Å². The number of fused-ring (bicyclic) bond motifs is 1. The molecule has 0 fully saturated rings. The van der Waals surface area contributed by atoms with Crippen molar-refractivity contribution in [2.45, 2.75) is 19.6 Å². The highest BCUT2D eigenvalue weighted by atomic mass is 32.1. The molecule has 1 N–H and O–H groups in total. The summed E-state index contributed by atoms with van der Waals surface area (Å²) in [6, 6.07) is 8.92. The van der Waals surface area contributed by atoms with Gasteiger partial charge < -0.3 is 9.88 Å². The van der Waals surface area contributed by atoms with Gasteiger partial charge in [-0.1, -0.05) is 18.2 Å². The number of benzene rings is 1. The number of imidazole rings is 1. The molecule has 2 aromatic heterocycles. The largest absolute Gasteiger partial charge is 0.326 e. The smallest absolute Gasteiger partial charge is 0.0954 e. The number of nitrogens with one attached hydrogen (secondary N) is 1. The third-order valence-corrected chi connectivity index (χ3v) is 4.47. The summed E-state index contributed by atoms with van der Waals surface area (Å²) in [5, 5.41) is 7.66. The quantitative estimate of drug-likeness (QED) is 0.798. The van der Waals surface area contributed by atoms with Crippen LogP contribution in [0.15, 0.2) is 47.5 Å². The van der Waals surface area contributed by atoms with Gasteiger partial charge in [0.25, 0.3) is 0 Å². The van der Waals surface area contributed by atoms with E-state index >= 15 is 0 Å². The number of nitrogens with zero attached hydrogens (tertiary/aromatic N) is 2. The molecule has 0 amide bonds. The second kappa shape index (κ2) is 4.89. The zero-order chi connectivity index (χ0) is 13.4. The summed E-state index contributed by atoms with van der Waals surface area (Å²) in [4.78, 5) is 4.30. The number of aromatic nitrogens is 2. The molecular formula is C16H15N3S. The third-order valence-electron chi connectivity index (χ3n) is 3.78. The first-order valence-corrected chi connectivity index (χ1v) is 7.68. The number of hydrogen-bond acceptors (Lipinski definition) is 3. The van der Waals surface area contributed by atoms with Crippen LogP contribution < -0.4 is 5.32 Å². The van der Waals surface area contributed by atoms with Crippen molar-refractivity contribution in [2.24, 2.45) is 0 Å². The first-order chi connectivity index (χ1) is 9.90. The van der Waals surface area contributed by atoms with Crippen LogP contribution in [0.3, 0.4) is 0 Å². The molecule has 0 saturated heterocycles. The van der Waals surface area contributed by atoms with Crippen LogP contribution in [0.5, 0.6) is 0 Å². The van der Waals surface area contributed by atoms with Gasteiger partial charge in [-0.2, -0.15) is 11.3 Å². The van der Waals surface area contributed by atoms with E-state index in [0.717, 1.165) is 19.6 Å². The molecule has 4 rings (SSSR count). The van der Waals surface area contributed by atoms with Gasteiger partial charge in [0.15, 0.2) is 0 Å². The predicted octanol–water partition coefficient (Wildman–Crippen LogP) is 3.26. The van der Waals surface area contributed by atoms with Crippen molar-refractivity contribution in [3.8, 4) is 11.3 Å². The van der Waals surface area contributed by atoms with Crippen LogP contribution >= 0.6 is 11.3 Å². The first-order valence-electron chi connectivity index (χ1n) is 6.74. The number of hydrogen-bond donors (Lipinski definition) is 1. The Kier molecular flexibility index (Phi) is 2.90. The van der Waals surface area contributed by atoms with Crippen molar-refractivity contribution in [2.75, 3.05) is 0 Å². The van der Waals surface area contributed by atoms with Crippen molar-refractivity contribution in [1.82, 2.24) is 14.9 Å². The van der Waals surface area contributed by atoms with Crippen LogP contribution in [-0.2, 0) is 19.6 Å². The van der Waals surface area contributed by atoms with E-state index in [1.54, 1.807) is 11.3 Å². The van der Waals surface area contributed by atoms with E-state index in [1.807, 2.05) is 12.5 Å². The average Bonchev–Trinajstić information content (AvgIpc) is 3.19. The van der Waals surface area contributed by atoms with Gasteiger partial charge in [0, 0.05) is 30.6 Å². The third kappa shape index (κ3) is 2.07. The zero-order valence-corrected chi connectivity index (χ0v) is 11.9. The summed E-state index contributed by atoms with van der Waals surface area (Å²) in [6.45, 7) is 2.86. The maximum atomic E-state index is 4.30.